The molecular weight excluding hydrogens is 486 g/mol. The highest BCUT2D eigenvalue weighted by molar-refractivity contribution is 5.75. The number of rotatable bonds is 4. The van der Waals surface area contributed by atoms with E-state index in [0.717, 1.165) is 31.0 Å². The third-order valence-electron chi connectivity index (χ3n) is 9.02. The zero-order valence-electron chi connectivity index (χ0n) is 20.5. The number of piperidine rings is 1. The molecule has 0 aromatic heterocycles. The van der Waals surface area contributed by atoms with Gasteiger partial charge in [-0.25, -0.2) is 4.79 Å². The number of aliphatic carboxylic acids is 1. The highest BCUT2D eigenvalue weighted by Crippen LogP contribution is 2.63. The summed E-state index contributed by atoms with van der Waals surface area (Å²) in [5, 5.41) is 53.0. The summed E-state index contributed by atoms with van der Waals surface area (Å²) in [6.45, 7) is 1.88. The fourth-order valence-electron chi connectivity index (χ4n) is 7.43. The lowest BCUT2D eigenvalue weighted by Crippen LogP contribution is -2.65. The van der Waals surface area contributed by atoms with Crippen LogP contribution in [0.3, 0.4) is 0 Å². The van der Waals surface area contributed by atoms with E-state index in [2.05, 4.69) is 18.0 Å². The Bertz CT molecular complexity index is 1180. The fourth-order valence-corrected chi connectivity index (χ4v) is 7.43. The number of likely N-dealkylation sites (tertiary alicyclic amines) is 1. The molecule has 0 radical (unpaired) electrons. The molecule has 1 aromatic carbocycles. The van der Waals surface area contributed by atoms with Gasteiger partial charge in [-0.3, -0.25) is 4.79 Å². The molecule has 3 aliphatic heterocycles. The number of phenols is 1. The van der Waals surface area contributed by atoms with Gasteiger partial charge in [0.05, 0.1) is 6.10 Å². The van der Waals surface area contributed by atoms with Gasteiger partial charge in [0.1, 0.15) is 24.4 Å². The third kappa shape index (κ3) is 3.38. The van der Waals surface area contributed by atoms with E-state index in [1.54, 1.807) is 6.08 Å². The second-order valence-corrected chi connectivity index (χ2v) is 10.9. The van der Waals surface area contributed by atoms with E-state index in [4.69, 9.17) is 14.2 Å². The van der Waals surface area contributed by atoms with Gasteiger partial charge in [0.2, 0.25) is 0 Å². The number of nitrogens with zero attached hydrogens (tertiary/aromatic N) is 1. The third-order valence-corrected chi connectivity index (χ3v) is 9.02. The van der Waals surface area contributed by atoms with Gasteiger partial charge in [-0.15, -0.1) is 0 Å². The van der Waals surface area contributed by atoms with Crippen LogP contribution in [0.25, 0.3) is 0 Å². The molecular formula is C26H31NO10. The molecule has 200 valence electrons. The maximum Gasteiger partial charge on any atom is 0.336 e. The van der Waals surface area contributed by atoms with Crippen LogP contribution in [0.2, 0.25) is 0 Å². The number of ether oxygens (including phenoxy) is 3. The highest BCUT2D eigenvalue weighted by Gasteiger charge is 2.64. The summed E-state index contributed by atoms with van der Waals surface area (Å²) in [6, 6.07) is 1.65. The predicted octanol–water partition coefficient (Wildman–Crippen LogP) is -0.754. The number of likely N-dealkylation sites (N-methyl/N-ethyl adjacent to an activating group) is 1. The summed E-state index contributed by atoms with van der Waals surface area (Å²) in [5.41, 5.74) is 1.92. The number of phenolic OH excluding ortho intramolecular Hbond substituents is 1. The number of carboxylic acids is 1. The second-order valence-electron chi connectivity index (χ2n) is 10.9. The maximum absolute atomic E-state index is 11.9. The molecule has 5 N–H and O–H groups in total. The SMILES string of the molecule is CC(=O)O[C@@H]1[C@@H](O)[C@H](O)[C@@H](Cc2cc(O)c3c4c2C[C@@H]2[C@@H]5C=C[C@H](O)[C@H](O3)[C@]45CCN2C)O[C@H]1C(=O)O. The molecule has 2 fully saturated rings. The van der Waals surface area contributed by atoms with E-state index in [1.165, 1.54) is 6.07 Å². The second kappa shape index (κ2) is 8.40. The molecule has 11 heteroatoms. The quantitative estimate of drug-likeness (QED) is 0.252. The number of carbonyl (C=O) groups is 2. The summed E-state index contributed by atoms with van der Waals surface area (Å²) < 4.78 is 16.9. The standard InChI is InChI=1S/C26H31NO10/c1-10(28)35-22-20(32)19(31)17(36-23(22)25(33)34)8-11-7-16(30)21-18-12(11)9-14-13-3-4-15(29)24(37-21)26(13,18)5-6-27(14)2/h3-4,7,13-15,17,19-20,22-24,29-32H,5-6,8-9H2,1-2H3,(H,33,34)/t13-,14+,15-,17+,19+,20-,22+,23+,24-,26-/m0/s1. The van der Waals surface area contributed by atoms with Crippen LogP contribution >= 0.6 is 0 Å². The molecule has 1 aromatic rings. The van der Waals surface area contributed by atoms with Crippen LogP contribution < -0.4 is 4.74 Å². The van der Waals surface area contributed by atoms with Crippen molar-refractivity contribution < 1.29 is 49.3 Å². The van der Waals surface area contributed by atoms with Gasteiger partial charge in [-0.05, 0) is 43.6 Å². The lowest BCUT2D eigenvalue weighted by molar-refractivity contribution is -0.235. The topological polar surface area (TPSA) is 166 Å². The number of esters is 1. The average Bonchev–Trinajstić information content (AvgIpc) is 3.19. The van der Waals surface area contributed by atoms with Crippen molar-refractivity contribution in [2.45, 2.75) is 80.4 Å². The first-order valence-electron chi connectivity index (χ1n) is 12.6. The zero-order chi connectivity index (χ0) is 26.4. The number of benzene rings is 1. The van der Waals surface area contributed by atoms with Crippen LogP contribution in [0, 0.1) is 5.92 Å². The number of hydrogen-bond donors (Lipinski definition) is 5. The molecule has 2 aliphatic carbocycles. The Balaban J connectivity index is 1.41. The Morgan fingerprint density at radius 2 is 1.97 bits per heavy atom. The summed E-state index contributed by atoms with van der Waals surface area (Å²) in [6.07, 6.45) is -3.76. The number of aromatic hydroxyl groups is 1. The van der Waals surface area contributed by atoms with Crippen molar-refractivity contribution in [1.82, 2.24) is 4.90 Å². The van der Waals surface area contributed by atoms with Crippen molar-refractivity contribution in [1.29, 1.82) is 0 Å². The van der Waals surface area contributed by atoms with Crippen molar-refractivity contribution in [3.63, 3.8) is 0 Å². The Morgan fingerprint density at radius 3 is 2.68 bits per heavy atom. The molecule has 0 unspecified atom stereocenters. The molecule has 11 nitrogen and oxygen atoms in total. The molecule has 0 saturated carbocycles. The first-order valence-corrected chi connectivity index (χ1v) is 12.6. The Morgan fingerprint density at radius 1 is 1.22 bits per heavy atom. The average molecular weight is 518 g/mol. The number of carbonyl (C=O) groups excluding carboxylic acids is 1. The van der Waals surface area contributed by atoms with Gasteiger partial charge in [0.25, 0.3) is 0 Å². The van der Waals surface area contributed by atoms with Crippen LogP contribution in [0.4, 0.5) is 0 Å². The van der Waals surface area contributed by atoms with Crippen molar-refractivity contribution in [3.05, 3.63) is 34.9 Å². The molecule has 0 amide bonds. The molecule has 2 bridgehead atoms. The minimum absolute atomic E-state index is 0.00517. The van der Waals surface area contributed by atoms with Gasteiger partial charge >= 0.3 is 11.9 Å². The Labute approximate surface area is 212 Å². The van der Waals surface area contributed by atoms with Crippen molar-refractivity contribution in [3.8, 4) is 11.5 Å². The van der Waals surface area contributed by atoms with Gasteiger partial charge in [-0.1, -0.05) is 12.2 Å². The van der Waals surface area contributed by atoms with Crippen LogP contribution in [0.1, 0.15) is 30.0 Å². The molecule has 6 rings (SSSR count). The van der Waals surface area contributed by atoms with Crippen LogP contribution in [-0.2, 0) is 37.3 Å². The van der Waals surface area contributed by atoms with Gasteiger partial charge in [0.15, 0.2) is 23.7 Å². The van der Waals surface area contributed by atoms with E-state index in [0.29, 0.717) is 17.7 Å². The Kier molecular flexibility index (Phi) is 5.59. The lowest BCUT2D eigenvalue weighted by atomic mass is 9.53. The molecule has 3 heterocycles. The van der Waals surface area contributed by atoms with E-state index < -0.39 is 60.1 Å². The maximum atomic E-state index is 11.9. The lowest BCUT2D eigenvalue weighted by Gasteiger charge is -2.56. The minimum atomic E-state index is -1.68. The monoisotopic (exact) mass is 517 g/mol. The van der Waals surface area contributed by atoms with E-state index >= 15 is 0 Å². The van der Waals surface area contributed by atoms with E-state index in [1.807, 2.05) is 0 Å². The van der Waals surface area contributed by atoms with Crippen molar-refractivity contribution in [2.75, 3.05) is 13.6 Å². The summed E-state index contributed by atoms with van der Waals surface area (Å²) >= 11 is 0. The van der Waals surface area contributed by atoms with Crippen LogP contribution in [0.15, 0.2) is 18.2 Å². The predicted molar refractivity (Wildman–Crippen MR) is 125 cm³/mol. The highest BCUT2D eigenvalue weighted by atomic mass is 16.6. The summed E-state index contributed by atoms with van der Waals surface area (Å²) in [5.74, 6) is -1.89. The van der Waals surface area contributed by atoms with Crippen LogP contribution in [-0.4, -0.2) is 105 Å². The van der Waals surface area contributed by atoms with Gasteiger partial charge < -0.3 is 44.6 Å². The normalized spacial score (nSPS) is 41.6. The van der Waals surface area contributed by atoms with E-state index in [-0.39, 0.29) is 24.1 Å². The first-order chi connectivity index (χ1) is 17.5. The number of aliphatic hydroxyl groups excluding tert-OH is 3. The molecule has 5 aliphatic rings. The smallest absolute Gasteiger partial charge is 0.336 e. The molecule has 2 saturated heterocycles. The fraction of sp³-hybridized carbons (Fsp3) is 0.615. The number of aliphatic hydroxyl groups is 3. The van der Waals surface area contributed by atoms with Gasteiger partial charge in [0, 0.05) is 36.3 Å². The Hall–Kier alpha value is -2.70. The summed E-state index contributed by atoms with van der Waals surface area (Å²) in [7, 11) is 2.06. The number of hydrogen-bond acceptors (Lipinski definition) is 10. The molecule has 1 spiro atoms. The summed E-state index contributed by atoms with van der Waals surface area (Å²) in [4.78, 5) is 25.6. The number of carboxylic acid groups (broad SMARTS) is 1. The molecule has 10 atom stereocenters. The largest absolute Gasteiger partial charge is 0.504 e. The van der Waals surface area contributed by atoms with Gasteiger partial charge in [-0.2, -0.15) is 0 Å². The zero-order valence-corrected chi connectivity index (χ0v) is 20.5. The minimum Gasteiger partial charge on any atom is -0.504 e. The van der Waals surface area contributed by atoms with Crippen LogP contribution in [0.5, 0.6) is 11.5 Å². The van der Waals surface area contributed by atoms with E-state index in [9.17, 15) is 35.1 Å². The first kappa shape index (κ1) is 24.6. The van der Waals surface area contributed by atoms with Crippen molar-refractivity contribution in [2.24, 2.45) is 5.92 Å². The molecule has 37 heavy (non-hydrogen) atoms. The van der Waals surface area contributed by atoms with Crippen molar-refractivity contribution >= 4 is 11.9 Å².